The first-order valence-corrected chi connectivity index (χ1v) is 13.0. The first-order valence-electron chi connectivity index (χ1n) is 13.0. The van der Waals surface area contributed by atoms with Crippen molar-refractivity contribution >= 4 is 17.1 Å². The summed E-state index contributed by atoms with van der Waals surface area (Å²) in [5.74, 6) is 1.62. The number of fused-ring (bicyclic) bond motifs is 6. The summed E-state index contributed by atoms with van der Waals surface area (Å²) in [6.07, 6.45) is 4.39. The van der Waals surface area contributed by atoms with Gasteiger partial charge in [-0.3, -0.25) is 4.99 Å². The fraction of sp³-hybridized carbons (Fsp3) is 0.273. The molecule has 0 saturated carbocycles. The van der Waals surface area contributed by atoms with Crippen molar-refractivity contribution in [3.05, 3.63) is 101 Å². The predicted molar refractivity (Wildman–Crippen MR) is 154 cm³/mol. The summed E-state index contributed by atoms with van der Waals surface area (Å²) in [6.45, 7) is 8.63. The number of benzene rings is 3. The number of aliphatic imine (C=N–C) groups is 1. The molecule has 0 amide bonds. The third-order valence-electron chi connectivity index (χ3n) is 7.13. The normalized spacial score (nSPS) is 17.6. The number of aliphatic hydroxyl groups is 1. The van der Waals surface area contributed by atoms with Gasteiger partial charge in [-0.1, -0.05) is 56.3 Å². The molecule has 1 N–H and O–H groups in total. The lowest BCUT2D eigenvalue weighted by molar-refractivity contribution is 0.120. The molecule has 194 valence electrons. The van der Waals surface area contributed by atoms with Crippen molar-refractivity contribution in [3.63, 3.8) is 0 Å². The molecule has 0 saturated heterocycles. The molecule has 0 fully saturated rings. The lowest BCUT2D eigenvalue weighted by atomic mass is 9.79. The number of rotatable bonds is 4. The van der Waals surface area contributed by atoms with E-state index in [1.165, 1.54) is 5.56 Å². The van der Waals surface area contributed by atoms with Gasteiger partial charge in [0.1, 0.15) is 11.4 Å². The van der Waals surface area contributed by atoms with Gasteiger partial charge in [-0.25, -0.2) is 4.98 Å². The molecule has 2 heterocycles. The van der Waals surface area contributed by atoms with Gasteiger partial charge in [0.15, 0.2) is 0 Å². The van der Waals surface area contributed by atoms with Crippen LogP contribution in [0, 0.1) is 12.8 Å². The molecule has 1 aromatic heterocycles. The van der Waals surface area contributed by atoms with Crippen LogP contribution in [0.1, 0.15) is 43.0 Å². The molecule has 38 heavy (non-hydrogen) atoms. The van der Waals surface area contributed by atoms with Crippen LogP contribution in [0.3, 0.4) is 0 Å². The van der Waals surface area contributed by atoms with Crippen LogP contribution in [-0.4, -0.2) is 30.0 Å². The number of aromatic nitrogens is 1. The molecular weight excluding hydrogens is 472 g/mol. The molecule has 5 nitrogen and oxygen atoms in total. The van der Waals surface area contributed by atoms with E-state index in [1.807, 2.05) is 62.5 Å². The summed E-state index contributed by atoms with van der Waals surface area (Å²) in [7, 11) is 1.63. The van der Waals surface area contributed by atoms with Crippen LogP contribution in [0.5, 0.6) is 11.6 Å². The second kappa shape index (κ2) is 10.4. The Morgan fingerprint density at radius 3 is 2.66 bits per heavy atom. The number of nitrogens with zero attached hydrogens (tertiary/aromatic N) is 2. The maximum atomic E-state index is 12.6. The van der Waals surface area contributed by atoms with Gasteiger partial charge < -0.3 is 14.6 Å². The summed E-state index contributed by atoms with van der Waals surface area (Å²) >= 11 is 0. The Kier molecular flexibility index (Phi) is 7.04. The Labute approximate surface area is 224 Å². The quantitative estimate of drug-likeness (QED) is 0.302. The third-order valence-corrected chi connectivity index (χ3v) is 7.13. The van der Waals surface area contributed by atoms with Gasteiger partial charge in [-0.15, -0.1) is 0 Å². The van der Waals surface area contributed by atoms with Gasteiger partial charge in [0.2, 0.25) is 5.88 Å². The highest BCUT2D eigenvalue weighted by Gasteiger charge is 2.35. The van der Waals surface area contributed by atoms with Crippen LogP contribution in [0.4, 0.5) is 0 Å². The number of methoxy groups -OCH3 is 1. The molecule has 3 aromatic carbocycles. The third kappa shape index (κ3) is 4.82. The van der Waals surface area contributed by atoms with E-state index in [2.05, 4.69) is 43.1 Å². The fourth-order valence-corrected chi connectivity index (χ4v) is 4.97. The number of ether oxygens (including phenoxy) is 2. The second-order valence-corrected chi connectivity index (χ2v) is 10.3. The first kappa shape index (κ1) is 25.7. The van der Waals surface area contributed by atoms with E-state index in [0.29, 0.717) is 24.0 Å². The molecule has 6 bridgehead atoms. The van der Waals surface area contributed by atoms with Gasteiger partial charge in [-0.2, -0.15) is 0 Å². The zero-order valence-corrected chi connectivity index (χ0v) is 22.7. The van der Waals surface area contributed by atoms with Gasteiger partial charge in [-0.05, 0) is 76.9 Å². The van der Waals surface area contributed by atoms with E-state index in [4.69, 9.17) is 14.5 Å². The predicted octanol–water partition coefficient (Wildman–Crippen LogP) is 7.02. The lowest BCUT2D eigenvalue weighted by Gasteiger charge is -2.31. The van der Waals surface area contributed by atoms with Gasteiger partial charge >= 0.3 is 0 Å². The largest absolute Gasteiger partial charge is 0.493 e. The molecule has 4 aromatic rings. The Bertz CT molecular complexity index is 1550. The molecule has 5 heteroatoms. The molecular formula is C33H34N2O3. The smallest absolute Gasteiger partial charge is 0.214 e. The average molecular weight is 507 g/mol. The van der Waals surface area contributed by atoms with Crippen LogP contribution in [0.25, 0.3) is 22.0 Å². The summed E-state index contributed by atoms with van der Waals surface area (Å²) in [5.41, 5.74) is 5.81. The van der Waals surface area contributed by atoms with Crippen LogP contribution in [0.2, 0.25) is 0 Å². The maximum Gasteiger partial charge on any atom is 0.214 e. The topological polar surface area (TPSA) is 63.9 Å². The Morgan fingerprint density at radius 1 is 1.08 bits per heavy atom. The first-order chi connectivity index (χ1) is 18.3. The molecule has 5 rings (SSSR count). The summed E-state index contributed by atoms with van der Waals surface area (Å²) in [4.78, 5) is 9.22. The van der Waals surface area contributed by atoms with Gasteiger partial charge in [0, 0.05) is 30.3 Å². The highest BCUT2D eigenvalue weighted by Crippen LogP contribution is 2.41. The van der Waals surface area contributed by atoms with Crippen molar-refractivity contribution in [1.82, 2.24) is 4.98 Å². The van der Waals surface area contributed by atoms with Crippen molar-refractivity contribution in [1.29, 1.82) is 0 Å². The van der Waals surface area contributed by atoms with Crippen LogP contribution < -0.4 is 9.47 Å². The summed E-state index contributed by atoms with van der Waals surface area (Å²) in [5, 5.41) is 13.5. The van der Waals surface area contributed by atoms with Crippen LogP contribution in [-0.2, 0) is 12.0 Å². The van der Waals surface area contributed by atoms with Gasteiger partial charge in [0.25, 0.3) is 0 Å². The fourth-order valence-electron chi connectivity index (χ4n) is 4.97. The Hall–Kier alpha value is -3.96. The number of aryl methyl sites for hydroxylation is 1. The second-order valence-electron chi connectivity index (χ2n) is 10.3. The zero-order chi connectivity index (χ0) is 26.9. The molecule has 0 aliphatic carbocycles. The zero-order valence-electron chi connectivity index (χ0n) is 22.7. The average Bonchev–Trinajstić information content (AvgIpc) is 2.92. The molecule has 0 spiro atoms. The van der Waals surface area contributed by atoms with E-state index in [9.17, 15) is 5.11 Å². The standard InChI is InChI=1S/C33H34N2O3/c1-21(2)19-34-20-23(4)33(36)26-11-12-30-29(16-26)28(18-32(35-30)37-5)25-8-6-7-24(15-25)13-14-38-31-17-27(33)10-9-22(31)3/h6-12,15-21,36H,13-14H2,1-5H3/b23-20+,34-19?. The monoisotopic (exact) mass is 506 g/mol. The minimum atomic E-state index is -1.43. The van der Waals surface area contributed by atoms with E-state index >= 15 is 0 Å². The highest BCUT2D eigenvalue weighted by atomic mass is 16.5. The van der Waals surface area contributed by atoms with E-state index < -0.39 is 5.60 Å². The maximum absolute atomic E-state index is 12.6. The van der Waals surface area contributed by atoms with Crippen molar-refractivity contribution in [2.75, 3.05) is 13.7 Å². The minimum Gasteiger partial charge on any atom is -0.493 e. The van der Waals surface area contributed by atoms with Crippen molar-refractivity contribution < 1.29 is 14.6 Å². The Morgan fingerprint density at radius 2 is 1.87 bits per heavy atom. The van der Waals surface area contributed by atoms with Crippen LogP contribution >= 0.6 is 0 Å². The van der Waals surface area contributed by atoms with E-state index in [-0.39, 0.29) is 0 Å². The van der Waals surface area contributed by atoms with Crippen molar-refractivity contribution in [2.45, 2.75) is 39.7 Å². The SMILES string of the molecule is COc1cc2c3cc(ccc3n1)C(O)(/C(C)=C/N=CC(C)C)c1ccc(C)c(c1)OCCc1cccc-2c1. The highest BCUT2D eigenvalue weighted by molar-refractivity contribution is 5.96. The van der Waals surface area contributed by atoms with Crippen molar-refractivity contribution in [2.24, 2.45) is 10.9 Å². The molecule has 0 radical (unpaired) electrons. The lowest BCUT2D eigenvalue weighted by Crippen LogP contribution is -2.29. The van der Waals surface area contributed by atoms with Gasteiger partial charge in [0.05, 0.1) is 19.2 Å². The molecule has 1 aliphatic heterocycles. The molecule has 1 atom stereocenters. The minimum absolute atomic E-state index is 0.303. The number of hydrogen-bond donors (Lipinski definition) is 1. The molecule has 1 aliphatic rings. The van der Waals surface area contributed by atoms with Crippen molar-refractivity contribution in [3.8, 4) is 22.8 Å². The number of hydrogen-bond acceptors (Lipinski definition) is 5. The van der Waals surface area contributed by atoms with E-state index in [1.54, 1.807) is 13.3 Å². The number of pyridine rings is 1. The van der Waals surface area contributed by atoms with E-state index in [0.717, 1.165) is 50.9 Å². The summed E-state index contributed by atoms with van der Waals surface area (Å²) in [6, 6.07) is 22.3. The Balaban J connectivity index is 1.83. The van der Waals surface area contributed by atoms with Crippen LogP contribution in [0.15, 0.2) is 83.5 Å². The molecule has 1 unspecified atom stereocenters. The summed E-state index contributed by atoms with van der Waals surface area (Å²) < 4.78 is 11.8.